The Labute approximate surface area is 129 Å². The molecule has 0 aromatic carbocycles. The van der Waals surface area contributed by atoms with Gasteiger partial charge in [0.1, 0.15) is 11.4 Å². The molecule has 0 aliphatic carbocycles. The van der Waals surface area contributed by atoms with Crippen molar-refractivity contribution in [1.29, 1.82) is 0 Å². The summed E-state index contributed by atoms with van der Waals surface area (Å²) in [7, 11) is 0. The molecule has 0 radical (unpaired) electrons. The summed E-state index contributed by atoms with van der Waals surface area (Å²) in [5.74, 6) is 0. The smallest absolute Gasteiger partial charge is 0.236 e. The molecule has 0 saturated carbocycles. The van der Waals surface area contributed by atoms with E-state index in [2.05, 4.69) is 10.3 Å². The number of unbranched alkanes of at least 4 members (excludes halogenated alkanes) is 1. The lowest BCUT2D eigenvalue weighted by Gasteiger charge is -2.17. The molecule has 9 heteroatoms. The van der Waals surface area contributed by atoms with Crippen molar-refractivity contribution >= 4 is 69.6 Å². The fraction of sp³-hybridized carbons (Fsp3) is 0.750. The van der Waals surface area contributed by atoms with Gasteiger partial charge in [0.2, 0.25) is 7.59 Å². The van der Waals surface area contributed by atoms with Gasteiger partial charge < -0.3 is 0 Å². The molecule has 3 nitrogen and oxygen atoms in total. The number of halogens is 6. The van der Waals surface area contributed by atoms with Crippen molar-refractivity contribution in [2.75, 3.05) is 0 Å². The van der Waals surface area contributed by atoms with E-state index in [0.29, 0.717) is 6.54 Å². The van der Waals surface area contributed by atoms with E-state index in [1.165, 1.54) is 4.68 Å². The molecule has 0 aliphatic heterocycles. The van der Waals surface area contributed by atoms with Crippen molar-refractivity contribution in [3.05, 3.63) is 11.4 Å². The first-order valence-electron chi connectivity index (χ1n) is 4.75. The van der Waals surface area contributed by atoms with Crippen LogP contribution in [0.3, 0.4) is 0 Å². The number of hydrogen-bond acceptors (Lipinski definition) is 2. The number of aromatic nitrogens is 3. The van der Waals surface area contributed by atoms with E-state index in [1.807, 2.05) is 6.92 Å². The Bertz CT molecular complexity index is 378. The number of rotatable bonds is 3. The zero-order chi connectivity index (χ0) is 13.3. The zero-order valence-corrected chi connectivity index (χ0v) is 13.3. The third-order valence-corrected chi connectivity index (χ3v) is 3.07. The van der Waals surface area contributed by atoms with Gasteiger partial charge in [0, 0.05) is 6.54 Å². The van der Waals surface area contributed by atoms with Crippen molar-refractivity contribution in [2.24, 2.45) is 0 Å². The monoisotopic (exact) mass is 357 g/mol. The van der Waals surface area contributed by atoms with E-state index in [-0.39, 0.29) is 11.4 Å². The second-order valence-corrected chi connectivity index (χ2v) is 7.92. The molecule has 1 rings (SSSR count). The molecule has 0 atom stereocenters. The summed E-state index contributed by atoms with van der Waals surface area (Å²) in [6, 6.07) is 0. The molecule has 0 spiro atoms. The molecule has 0 aliphatic rings. The molecule has 1 aromatic heterocycles. The highest BCUT2D eigenvalue weighted by molar-refractivity contribution is 6.68. The Morgan fingerprint density at radius 3 is 2.06 bits per heavy atom. The van der Waals surface area contributed by atoms with Crippen molar-refractivity contribution < 1.29 is 0 Å². The normalized spacial score (nSPS) is 13.1. The van der Waals surface area contributed by atoms with Crippen molar-refractivity contribution in [3.63, 3.8) is 0 Å². The van der Waals surface area contributed by atoms with Crippen LogP contribution >= 0.6 is 69.6 Å². The number of nitrogens with zero attached hydrogens (tertiary/aromatic N) is 3. The predicted octanol–water partition coefficient (Wildman–Crippen LogP) is 4.73. The average molecular weight is 360 g/mol. The Hall–Kier alpha value is 0.880. The molecular formula is C8H9Cl6N3. The summed E-state index contributed by atoms with van der Waals surface area (Å²) in [6.45, 7) is 2.58. The lowest BCUT2D eigenvalue weighted by Crippen LogP contribution is -2.17. The molecular weight excluding hydrogens is 351 g/mol. The highest BCUT2D eigenvalue weighted by atomic mass is 35.6. The second-order valence-electron chi connectivity index (χ2n) is 3.36. The highest BCUT2D eigenvalue weighted by Gasteiger charge is 2.40. The molecule has 0 fully saturated rings. The van der Waals surface area contributed by atoms with Crippen molar-refractivity contribution in [1.82, 2.24) is 15.0 Å². The van der Waals surface area contributed by atoms with Gasteiger partial charge >= 0.3 is 0 Å². The largest absolute Gasteiger partial charge is 0.245 e. The highest BCUT2D eigenvalue weighted by Crippen LogP contribution is 2.46. The minimum atomic E-state index is -1.77. The molecule has 0 saturated heterocycles. The molecule has 17 heavy (non-hydrogen) atoms. The lowest BCUT2D eigenvalue weighted by molar-refractivity contribution is 0.535. The molecule has 1 heterocycles. The van der Waals surface area contributed by atoms with Crippen LogP contribution in [0.5, 0.6) is 0 Å². The van der Waals surface area contributed by atoms with Gasteiger partial charge in [-0.2, -0.15) is 0 Å². The van der Waals surface area contributed by atoms with Crippen molar-refractivity contribution in [2.45, 2.75) is 33.9 Å². The van der Waals surface area contributed by atoms with Crippen LogP contribution in [0.4, 0.5) is 0 Å². The predicted molar refractivity (Wildman–Crippen MR) is 73.4 cm³/mol. The average Bonchev–Trinajstić information content (AvgIpc) is 2.56. The Balaban J connectivity index is 3.21. The molecule has 0 amide bonds. The summed E-state index contributed by atoms with van der Waals surface area (Å²) in [6.07, 6.45) is 1.82. The third kappa shape index (κ3) is 4.19. The number of hydrogen-bond donors (Lipinski definition) is 0. The fourth-order valence-corrected chi connectivity index (χ4v) is 2.19. The summed E-state index contributed by atoms with van der Waals surface area (Å²) in [5.41, 5.74) is 0.231. The summed E-state index contributed by atoms with van der Waals surface area (Å²) in [4.78, 5) is 0. The van der Waals surface area contributed by atoms with Gasteiger partial charge in [-0.1, -0.05) is 88.2 Å². The van der Waals surface area contributed by atoms with Gasteiger partial charge in [-0.05, 0) is 6.42 Å². The van der Waals surface area contributed by atoms with E-state index in [4.69, 9.17) is 69.6 Å². The summed E-state index contributed by atoms with van der Waals surface area (Å²) >= 11 is 34.8. The lowest BCUT2D eigenvalue weighted by atomic mass is 10.3. The van der Waals surface area contributed by atoms with E-state index < -0.39 is 7.59 Å². The van der Waals surface area contributed by atoms with Gasteiger partial charge in [0.25, 0.3) is 0 Å². The Kier molecular flexibility index (Phi) is 5.52. The van der Waals surface area contributed by atoms with Crippen LogP contribution in [0.2, 0.25) is 0 Å². The maximum atomic E-state index is 5.85. The van der Waals surface area contributed by atoms with E-state index >= 15 is 0 Å². The summed E-state index contributed by atoms with van der Waals surface area (Å²) < 4.78 is -2.06. The first-order chi connectivity index (χ1) is 7.68. The summed E-state index contributed by atoms with van der Waals surface area (Å²) in [5, 5.41) is 7.62. The Morgan fingerprint density at radius 1 is 1.06 bits per heavy atom. The van der Waals surface area contributed by atoms with Gasteiger partial charge in [0.05, 0.1) is 0 Å². The first-order valence-corrected chi connectivity index (χ1v) is 7.02. The molecule has 0 N–H and O–H groups in total. The maximum absolute atomic E-state index is 5.85. The van der Waals surface area contributed by atoms with E-state index in [1.54, 1.807) is 0 Å². The topological polar surface area (TPSA) is 30.7 Å². The van der Waals surface area contributed by atoms with Gasteiger partial charge in [-0.15, -0.1) is 5.10 Å². The zero-order valence-electron chi connectivity index (χ0n) is 8.73. The third-order valence-electron chi connectivity index (χ3n) is 2.00. The second kappa shape index (κ2) is 5.89. The van der Waals surface area contributed by atoms with Gasteiger partial charge in [-0.25, -0.2) is 4.68 Å². The van der Waals surface area contributed by atoms with Crippen LogP contribution < -0.4 is 0 Å². The standard InChI is InChI=1S/C8H9Cl6N3/c1-2-3-4-17-6(8(12,13)14)5(15-16-17)7(9,10)11/h2-4H2,1H3. The van der Waals surface area contributed by atoms with E-state index in [0.717, 1.165) is 12.8 Å². The number of aryl methyl sites for hydroxylation is 1. The Morgan fingerprint density at radius 2 is 1.65 bits per heavy atom. The molecule has 0 unspecified atom stereocenters. The maximum Gasteiger partial charge on any atom is 0.236 e. The van der Waals surface area contributed by atoms with E-state index in [9.17, 15) is 0 Å². The van der Waals surface area contributed by atoms with Crippen LogP contribution in [0.1, 0.15) is 31.2 Å². The molecule has 0 bridgehead atoms. The number of alkyl halides is 6. The SMILES string of the molecule is CCCCn1nnc(C(Cl)(Cl)Cl)c1C(Cl)(Cl)Cl. The van der Waals surface area contributed by atoms with Crippen molar-refractivity contribution in [3.8, 4) is 0 Å². The van der Waals surface area contributed by atoms with Crippen LogP contribution in [0, 0.1) is 0 Å². The van der Waals surface area contributed by atoms with Crippen LogP contribution in [0.15, 0.2) is 0 Å². The van der Waals surface area contributed by atoms with Gasteiger partial charge in [0.15, 0.2) is 0 Å². The first kappa shape index (κ1) is 15.9. The van der Waals surface area contributed by atoms with Crippen LogP contribution in [-0.2, 0) is 14.1 Å². The minimum absolute atomic E-state index is 0.0404. The molecule has 98 valence electrons. The fourth-order valence-electron chi connectivity index (χ4n) is 1.25. The minimum Gasteiger partial charge on any atom is -0.245 e. The van der Waals surface area contributed by atoms with Gasteiger partial charge in [-0.3, -0.25) is 0 Å². The van der Waals surface area contributed by atoms with Crippen LogP contribution in [-0.4, -0.2) is 15.0 Å². The van der Waals surface area contributed by atoms with Crippen LogP contribution in [0.25, 0.3) is 0 Å². The quantitative estimate of drug-likeness (QED) is 0.730. The molecule has 1 aromatic rings.